The first-order valence-electron chi connectivity index (χ1n) is 10.8. The van der Waals surface area contributed by atoms with Crippen molar-refractivity contribution in [2.75, 3.05) is 26.3 Å². The lowest BCUT2D eigenvalue weighted by atomic mass is 10.0. The van der Waals surface area contributed by atoms with E-state index in [0.29, 0.717) is 28.5 Å². The lowest BCUT2D eigenvalue weighted by Crippen LogP contribution is -2.37. The van der Waals surface area contributed by atoms with Crippen LogP contribution in [0.2, 0.25) is 0 Å². The molecule has 0 spiro atoms. The molecule has 1 unspecified atom stereocenters. The molecule has 0 bridgehead atoms. The number of amides is 2. The fourth-order valence-electron chi connectivity index (χ4n) is 3.61. The molecule has 0 aromatic heterocycles. The number of hydrogen-bond donors (Lipinski definition) is 1. The molecular weight excluding hydrogens is 432 g/mol. The molecule has 1 atom stereocenters. The van der Waals surface area contributed by atoms with Gasteiger partial charge in [-0.1, -0.05) is 35.9 Å². The minimum atomic E-state index is -0.823. The first-order chi connectivity index (χ1) is 16.4. The van der Waals surface area contributed by atoms with Gasteiger partial charge in [0.15, 0.2) is 11.5 Å². The highest BCUT2D eigenvalue weighted by molar-refractivity contribution is 6.00. The molecule has 0 fully saturated rings. The molecule has 3 aromatic rings. The number of anilines is 1. The van der Waals surface area contributed by atoms with Crippen molar-refractivity contribution < 1.29 is 23.8 Å². The highest BCUT2D eigenvalue weighted by Gasteiger charge is 2.28. The zero-order valence-corrected chi connectivity index (χ0v) is 19.3. The van der Waals surface area contributed by atoms with E-state index in [1.165, 1.54) is 11.0 Å². The van der Waals surface area contributed by atoms with Crippen molar-refractivity contribution in [1.82, 2.24) is 4.90 Å². The largest absolute Gasteiger partial charge is 0.497 e. The van der Waals surface area contributed by atoms with Gasteiger partial charge in [0, 0.05) is 18.8 Å². The fourth-order valence-corrected chi connectivity index (χ4v) is 3.61. The summed E-state index contributed by atoms with van der Waals surface area (Å²) >= 11 is 0. The standard InChI is InChI=1S/C27H26N2O5/c1-18-4-8-20(9-5-18)26(27(31)28-21-10-12-22(32-3)13-11-21)29(2)25(30)15-7-19-6-14-23-24(16-19)34-17-33-23/h4-16,26H,17H2,1-3H3,(H,28,31)/b15-7+. The van der Waals surface area contributed by atoms with E-state index in [1.54, 1.807) is 56.6 Å². The molecule has 34 heavy (non-hydrogen) atoms. The Labute approximate surface area is 198 Å². The van der Waals surface area contributed by atoms with Crippen molar-refractivity contribution in [2.24, 2.45) is 0 Å². The molecule has 0 aliphatic carbocycles. The molecule has 0 radical (unpaired) electrons. The van der Waals surface area contributed by atoms with Crippen LogP contribution in [0.4, 0.5) is 5.69 Å². The number of nitrogens with zero attached hydrogens (tertiary/aromatic N) is 1. The highest BCUT2D eigenvalue weighted by Crippen LogP contribution is 2.33. The van der Waals surface area contributed by atoms with Crippen LogP contribution in [0.1, 0.15) is 22.7 Å². The molecule has 0 saturated heterocycles. The molecule has 1 N–H and O–H groups in total. The number of carbonyl (C=O) groups is 2. The highest BCUT2D eigenvalue weighted by atomic mass is 16.7. The van der Waals surface area contributed by atoms with Gasteiger partial charge in [-0.2, -0.15) is 0 Å². The van der Waals surface area contributed by atoms with Crippen molar-refractivity contribution in [3.8, 4) is 17.2 Å². The number of ether oxygens (including phenoxy) is 3. The van der Waals surface area contributed by atoms with Crippen LogP contribution < -0.4 is 19.5 Å². The van der Waals surface area contributed by atoms with E-state index in [4.69, 9.17) is 14.2 Å². The number of hydrogen-bond acceptors (Lipinski definition) is 5. The zero-order valence-electron chi connectivity index (χ0n) is 19.3. The van der Waals surface area contributed by atoms with Crippen molar-refractivity contribution in [3.63, 3.8) is 0 Å². The molecule has 0 saturated carbocycles. The number of rotatable bonds is 7. The number of fused-ring (bicyclic) bond motifs is 1. The summed E-state index contributed by atoms with van der Waals surface area (Å²) in [5.41, 5.74) is 3.18. The quantitative estimate of drug-likeness (QED) is 0.525. The topological polar surface area (TPSA) is 77.1 Å². The Hall–Kier alpha value is -4.26. The maximum atomic E-state index is 13.3. The lowest BCUT2D eigenvalue weighted by Gasteiger charge is -2.27. The Morgan fingerprint density at radius 2 is 1.71 bits per heavy atom. The van der Waals surface area contributed by atoms with Crippen LogP contribution in [0.3, 0.4) is 0 Å². The monoisotopic (exact) mass is 458 g/mol. The molecule has 1 aliphatic heterocycles. The smallest absolute Gasteiger partial charge is 0.251 e. The van der Waals surface area contributed by atoms with Gasteiger partial charge in [-0.25, -0.2) is 0 Å². The average molecular weight is 459 g/mol. The summed E-state index contributed by atoms with van der Waals surface area (Å²) in [6.45, 7) is 2.16. The predicted molar refractivity (Wildman–Crippen MR) is 130 cm³/mol. The summed E-state index contributed by atoms with van der Waals surface area (Å²) in [7, 11) is 3.20. The van der Waals surface area contributed by atoms with Crippen LogP contribution >= 0.6 is 0 Å². The van der Waals surface area contributed by atoms with E-state index in [2.05, 4.69) is 5.32 Å². The first kappa shape index (κ1) is 22.9. The minimum Gasteiger partial charge on any atom is -0.497 e. The van der Waals surface area contributed by atoms with Crippen molar-refractivity contribution in [2.45, 2.75) is 13.0 Å². The van der Waals surface area contributed by atoms with Gasteiger partial charge in [0.25, 0.3) is 5.91 Å². The van der Waals surface area contributed by atoms with Gasteiger partial charge in [-0.3, -0.25) is 9.59 Å². The van der Waals surface area contributed by atoms with E-state index in [1.807, 2.05) is 37.3 Å². The Balaban J connectivity index is 1.55. The Morgan fingerprint density at radius 1 is 1.00 bits per heavy atom. The summed E-state index contributed by atoms with van der Waals surface area (Å²) < 4.78 is 15.9. The van der Waals surface area contributed by atoms with Crippen molar-refractivity contribution in [1.29, 1.82) is 0 Å². The summed E-state index contributed by atoms with van der Waals surface area (Å²) in [6, 6.07) is 19.2. The second kappa shape index (κ2) is 10.1. The Morgan fingerprint density at radius 3 is 2.41 bits per heavy atom. The van der Waals surface area contributed by atoms with Crippen LogP contribution in [0, 0.1) is 6.92 Å². The van der Waals surface area contributed by atoms with E-state index in [0.717, 1.165) is 11.1 Å². The third-order valence-electron chi connectivity index (χ3n) is 5.55. The summed E-state index contributed by atoms with van der Waals surface area (Å²) in [4.78, 5) is 27.8. The van der Waals surface area contributed by atoms with Gasteiger partial charge in [-0.15, -0.1) is 0 Å². The summed E-state index contributed by atoms with van der Waals surface area (Å²) in [6.07, 6.45) is 3.13. The van der Waals surface area contributed by atoms with Crippen LogP contribution in [-0.2, 0) is 9.59 Å². The maximum Gasteiger partial charge on any atom is 0.251 e. The molecule has 7 heteroatoms. The number of methoxy groups -OCH3 is 1. The predicted octanol–water partition coefficient (Wildman–Crippen LogP) is 4.58. The average Bonchev–Trinajstić information content (AvgIpc) is 3.32. The van der Waals surface area contributed by atoms with Gasteiger partial charge < -0.3 is 24.4 Å². The molecule has 3 aromatic carbocycles. The lowest BCUT2D eigenvalue weighted by molar-refractivity contribution is -0.133. The number of likely N-dealkylation sites (N-methyl/N-ethyl adjacent to an activating group) is 1. The molecule has 7 nitrogen and oxygen atoms in total. The Kier molecular flexibility index (Phi) is 6.82. The SMILES string of the molecule is COc1ccc(NC(=O)C(c2ccc(C)cc2)N(C)C(=O)/C=C/c2ccc3c(c2)OCO3)cc1. The van der Waals surface area contributed by atoms with Crippen molar-refractivity contribution >= 4 is 23.6 Å². The maximum absolute atomic E-state index is 13.3. The first-order valence-corrected chi connectivity index (χ1v) is 10.8. The minimum absolute atomic E-state index is 0.186. The van der Waals surface area contributed by atoms with Crippen LogP contribution in [0.15, 0.2) is 72.8 Å². The number of carbonyl (C=O) groups excluding carboxylic acids is 2. The van der Waals surface area contributed by atoms with Crippen molar-refractivity contribution in [3.05, 3.63) is 89.5 Å². The third kappa shape index (κ3) is 5.20. The van der Waals surface area contributed by atoms with E-state index in [9.17, 15) is 9.59 Å². The van der Waals surface area contributed by atoms with Gasteiger partial charge in [0.2, 0.25) is 12.7 Å². The Bertz CT molecular complexity index is 1200. The molecule has 2 amide bonds. The fraction of sp³-hybridized carbons (Fsp3) is 0.185. The second-order valence-corrected chi connectivity index (χ2v) is 7.93. The van der Waals surface area contributed by atoms with Crippen LogP contribution in [-0.4, -0.2) is 37.7 Å². The van der Waals surface area contributed by atoms with E-state index < -0.39 is 6.04 Å². The van der Waals surface area contributed by atoms with Gasteiger partial charge in [-0.05, 0) is 60.5 Å². The van der Waals surface area contributed by atoms with E-state index in [-0.39, 0.29) is 18.6 Å². The zero-order chi connectivity index (χ0) is 24.1. The molecule has 4 rings (SSSR count). The molecule has 1 heterocycles. The summed E-state index contributed by atoms with van der Waals surface area (Å²) in [5, 5.41) is 2.90. The van der Waals surface area contributed by atoms with Gasteiger partial charge >= 0.3 is 0 Å². The van der Waals surface area contributed by atoms with Gasteiger partial charge in [0.1, 0.15) is 11.8 Å². The third-order valence-corrected chi connectivity index (χ3v) is 5.55. The second-order valence-electron chi connectivity index (χ2n) is 7.93. The number of nitrogens with one attached hydrogen (secondary N) is 1. The van der Waals surface area contributed by atoms with Gasteiger partial charge in [0.05, 0.1) is 7.11 Å². The molecule has 1 aliphatic rings. The molecule has 174 valence electrons. The van der Waals surface area contributed by atoms with Crippen LogP contribution in [0.25, 0.3) is 6.08 Å². The van der Waals surface area contributed by atoms with E-state index >= 15 is 0 Å². The number of aryl methyl sites for hydroxylation is 1. The molecular formula is C27H26N2O5. The normalized spacial score (nSPS) is 12.9. The summed E-state index contributed by atoms with van der Waals surface area (Å²) in [5.74, 6) is 1.37. The van der Waals surface area contributed by atoms with Crippen LogP contribution in [0.5, 0.6) is 17.2 Å². The number of benzene rings is 3.